The van der Waals surface area contributed by atoms with Crippen LogP contribution in [0.5, 0.6) is 0 Å². The lowest BCUT2D eigenvalue weighted by Gasteiger charge is -2.31. The van der Waals surface area contributed by atoms with E-state index in [1.807, 2.05) is 55.5 Å². The van der Waals surface area contributed by atoms with Gasteiger partial charge in [0.25, 0.3) is 0 Å². The van der Waals surface area contributed by atoms with E-state index in [0.717, 1.165) is 17.7 Å². The average molecular weight is 493 g/mol. The van der Waals surface area contributed by atoms with E-state index in [1.165, 1.54) is 11.6 Å². The van der Waals surface area contributed by atoms with Gasteiger partial charge in [0.05, 0.1) is 0 Å². The molecule has 0 aliphatic rings. The molecule has 184 valence electrons. The molecule has 6 heteroatoms. The molecular weight excluding hydrogens is 459 g/mol. The summed E-state index contributed by atoms with van der Waals surface area (Å²) < 4.78 is 14.6. The normalized spacial score (nSPS) is 11.6. The summed E-state index contributed by atoms with van der Waals surface area (Å²) in [6.07, 6.45) is 1.44. The first-order chi connectivity index (χ1) is 17.1. The molecule has 0 spiro atoms. The minimum atomic E-state index is -0.727. The fourth-order valence-corrected chi connectivity index (χ4v) is 4.69. The van der Waals surface area contributed by atoms with Crippen molar-refractivity contribution in [3.8, 4) is 0 Å². The summed E-state index contributed by atoms with van der Waals surface area (Å²) >= 11 is 1.68. The van der Waals surface area contributed by atoms with Gasteiger partial charge in [-0.3, -0.25) is 9.59 Å². The first-order valence-corrected chi connectivity index (χ1v) is 13.2. The average Bonchev–Trinajstić information content (AvgIpc) is 2.89. The second kappa shape index (κ2) is 14.3. The summed E-state index contributed by atoms with van der Waals surface area (Å²) in [4.78, 5) is 28.3. The second-order valence-electron chi connectivity index (χ2n) is 8.40. The molecule has 1 atom stereocenters. The number of carbonyl (C=O) groups is 2. The zero-order valence-electron chi connectivity index (χ0n) is 20.2. The second-order valence-corrected chi connectivity index (χ2v) is 9.50. The van der Waals surface area contributed by atoms with Gasteiger partial charge in [0.2, 0.25) is 11.8 Å². The van der Waals surface area contributed by atoms with Crippen molar-refractivity contribution in [1.29, 1.82) is 0 Å². The lowest BCUT2D eigenvalue weighted by molar-refractivity contribution is -0.141. The molecule has 3 aromatic carbocycles. The minimum Gasteiger partial charge on any atom is -0.354 e. The summed E-state index contributed by atoms with van der Waals surface area (Å²) in [5.74, 6) is 0.692. The van der Waals surface area contributed by atoms with E-state index in [9.17, 15) is 14.0 Å². The maximum atomic E-state index is 14.6. The Morgan fingerprint density at radius 1 is 0.914 bits per heavy atom. The van der Waals surface area contributed by atoms with Gasteiger partial charge in [0.1, 0.15) is 11.9 Å². The highest BCUT2D eigenvalue weighted by Gasteiger charge is 2.30. The first-order valence-electron chi connectivity index (χ1n) is 12.0. The predicted molar refractivity (Wildman–Crippen MR) is 141 cm³/mol. The van der Waals surface area contributed by atoms with Crippen LogP contribution >= 0.6 is 11.8 Å². The van der Waals surface area contributed by atoms with Gasteiger partial charge in [0.15, 0.2) is 0 Å². The summed E-state index contributed by atoms with van der Waals surface area (Å²) in [6.45, 7) is 2.56. The van der Waals surface area contributed by atoms with Crippen molar-refractivity contribution in [3.63, 3.8) is 0 Å². The SMILES string of the molecule is CCCNC(=O)[C@@H](Cc1ccccc1)N(Cc1ccccc1F)C(=O)CCSCc1ccccc1. The van der Waals surface area contributed by atoms with Crippen LogP contribution in [0.1, 0.15) is 36.5 Å². The molecule has 0 aliphatic carbocycles. The van der Waals surface area contributed by atoms with Crippen molar-refractivity contribution < 1.29 is 14.0 Å². The smallest absolute Gasteiger partial charge is 0.243 e. The number of benzene rings is 3. The highest BCUT2D eigenvalue weighted by atomic mass is 32.2. The predicted octanol–water partition coefficient (Wildman–Crippen LogP) is 5.62. The molecule has 0 radical (unpaired) electrons. The maximum absolute atomic E-state index is 14.6. The Kier molecular flexibility index (Phi) is 10.8. The third-order valence-electron chi connectivity index (χ3n) is 5.69. The molecule has 0 bridgehead atoms. The molecule has 0 aromatic heterocycles. The standard InChI is InChI=1S/C29H33FN2O2S/c1-2-18-31-29(34)27(20-23-11-5-3-6-12-23)32(21-25-15-9-10-16-26(25)30)28(33)17-19-35-22-24-13-7-4-8-14-24/h3-16,27H,2,17-22H2,1H3,(H,31,34)/t27-/m1/s1. The molecule has 0 heterocycles. The molecule has 4 nitrogen and oxygen atoms in total. The third kappa shape index (κ3) is 8.55. The number of amides is 2. The fraction of sp³-hybridized carbons (Fsp3) is 0.310. The van der Waals surface area contributed by atoms with E-state index in [2.05, 4.69) is 17.4 Å². The van der Waals surface area contributed by atoms with Crippen LogP contribution in [0.3, 0.4) is 0 Å². The maximum Gasteiger partial charge on any atom is 0.243 e. The van der Waals surface area contributed by atoms with Crippen molar-refractivity contribution >= 4 is 23.6 Å². The number of rotatable bonds is 13. The van der Waals surface area contributed by atoms with Crippen molar-refractivity contribution in [2.24, 2.45) is 0 Å². The number of hydrogen-bond acceptors (Lipinski definition) is 3. The topological polar surface area (TPSA) is 49.4 Å². The molecule has 0 aliphatic heterocycles. The summed E-state index contributed by atoms with van der Waals surface area (Å²) in [7, 11) is 0. The molecule has 0 unspecified atom stereocenters. The van der Waals surface area contributed by atoms with E-state index in [-0.39, 0.29) is 30.6 Å². The van der Waals surface area contributed by atoms with E-state index in [0.29, 0.717) is 24.3 Å². The largest absolute Gasteiger partial charge is 0.354 e. The summed E-state index contributed by atoms with van der Waals surface area (Å²) in [5.41, 5.74) is 2.56. The molecule has 3 aromatic rings. The fourth-order valence-electron chi connectivity index (χ4n) is 3.80. The number of thioether (sulfide) groups is 1. The molecule has 0 fully saturated rings. The molecule has 3 rings (SSSR count). The Morgan fingerprint density at radius 2 is 1.54 bits per heavy atom. The summed E-state index contributed by atoms with van der Waals surface area (Å²) in [6, 6.07) is 25.5. The molecule has 2 amide bonds. The third-order valence-corrected chi connectivity index (χ3v) is 6.72. The van der Waals surface area contributed by atoms with Crippen LogP contribution < -0.4 is 5.32 Å². The van der Waals surface area contributed by atoms with E-state index < -0.39 is 6.04 Å². The van der Waals surface area contributed by atoms with E-state index in [4.69, 9.17) is 0 Å². The van der Waals surface area contributed by atoms with Gasteiger partial charge in [0, 0.05) is 43.0 Å². The number of nitrogens with zero attached hydrogens (tertiary/aromatic N) is 1. The Labute approximate surface area is 211 Å². The van der Waals surface area contributed by atoms with Crippen molar-refractivity contribution in [2.45, 2.75) is 44.5 Å². The van der Waals surface area contributed by atoms with Crippen molar-refractivity contribution in [3.05, 3.63) is 107 Å². The van der Waals surface area contributed by atoms with Gasteiger partial charge in [-0.05, 0) is 23.6 Å². The zero-order valence-corrected chi connectivity index (χ0v) is 21.0. The van der Waals surface area contributed by atoms with Crippen LogP contribution in [0.2, 0.25) is 0 Å². The molecule has 35 heavy (non-hydrogen) atoms. The Morgan fingerprint density at radius 3 is 2.20 bits per heavy atom. The van der Waals surface area contributed by atoms with Gasteiger partial charge < -0.3 is 10.2 Å². The highest BCUT2D eigenvalue weighted by Crippen LogP contribution is 2.19. The molecule has 1 N–H and O–H groups in total. The lowest BCUT2D eigenvalue weighted by atomic mass is 10.0. The van der Waals surface area contributed by atoms with E-state index >= 15 is 0 Å². The van der Waals surface area contributed by atoms with Gasteiger partial charge in [-0.1, -0.05) is 85.8 Å². The van der Waals surface area contributed by atoms with Crippen LogP contribution in [0.15, 0.2) is 84.9 Å². The number of hydrogen-bond donors (Lipinski definition) is 1. The Hall–Kier alpha value is -3.12. The molecular formula is C29H33FN2O2S. The molecule has 0 saturated heterocycles. The van der Waals surface area contributed by atoms with Gasteiger partial charge in [-0.2, -0.15) is 11.8 Å². The Bertz CT molecular complexity index is 1060. The summed E-state index contributed by atoms with van der Waals surface area (Å²) in [5, 5.41) is 2.95. The Balaban J connectivity index is 1.79. The highest BCUT2D eigenvalue weighted by molar-refractivity contribution is 7.98. The van der Waals surface area contributed by atoms with Crippen LogP contribution in [-0.2, 0) is 28.3 Å². The number of carbonyl (C=O) groups excluding carboxylic acids is 2. The van der Waals surface area contributed by atoms with Crippen molar-refractivity contribution in [1.82, 2.24) is 10.2 Å². The first kappa shape index (κ1) is 26.5. The zero-order chi connectivity index (χ0) is 24.9. The van der Waals surface area contributed by atoms with Crippen LogP contribution in [-0.4, -0.2) is 35.1 Å². The van der Waals surface area contributed by atoms with Crippen LogP contribution in [0.25, 0.3) is 0 Å². The van der Waals surface area contributed by atoms with Gasteiger partial charge >= 0.3 is 0 Å². The van der Waals surface area contributed by atoms with Gasteiger partial charge in [-0.25, -0.2) is 4.39 Å². The monoisotopic (exact) mass is 492 g/mol. The number of nitrogens with one attached hydrogen (secondary N) is 1. The lowest BCUT2D eigenvalue weighted by Crippen LogP contribution is -2.50. The van der Waals surface area contributed by atoms with Gasteiger partial charge in [-0.15, -0.1) is 0 Å². The quantitative estimate of drug-likeness (QED) is 0.315. The van der Waals surface area contributed by atoms with Crippen molar-refractivity contribution in [2.75, 3.05) is 12.3 Å². The number of halogens is 1. The molecule has 0 saturated carbocycles. The van der Waals surface area contributed by atoms with E-state index in [1.54, 1.807) is 34.9 Å². The van der Waals surface area contributed by atoms with Crippen LogP contribution in [0.4, 0.5) is 4.39 Å². The van der Waals surface area contributed by atoms with Crippen LogP contribution in [0, 0.1) is 5.82 Å². The minimum absolute atomic E-state index is 0.0475.